The number of allylic oxidation sites excluding steroid dienone is 2. The van der Waals surface area contributed by atoms with E-state index in [4.69, 9.17) is 0 Å². The fourth-order valence-corrected chi connectivity index (χ4v) is 3.20. The Morgan fingerprint density at radius 3 is 2.89 bits per heavy atom. The Bertz CT molecular complexity index is 469. The zero-order valence-electron chi connectivity index (χ0n) is 11.2. The first-order valence-electron chi connectivity index (χ1n) is 7.20. The summed E-state index contributed by atoms with van der Waals surface area (Å²) in [6.07, 6.45) is 13.2. The number of aromatic nitrogens is 1. The van der Waals surface area contributed by atoms with Crippen LogP contribution in [-0.2, 0) is 4.79 Å². The van der Waals surface area contributed by atoms with Gasteiger partial charge < -0.3 is 4.90 Å². The molecule has 1 saturated heterocycles. The van der Waals surface area contributed by atoms with Gasteiger partial charge in [-0.2, -0.15) is 0 Å². The highest BCUT2D eigenvalue weighted by atomic mass is 16.2. The molecule has 2 unspecified atom stereocenters. The van der Waals surface area contributed by atoms with Gasteiger partial charge in [-0.1, -0.05) is 12.2 Å². The highest BCUT2D eigenvalue weighted by Crippen LogP contribution is 2.33. The second-order valence-electron chi connectivity index (χ2n) is 5.50. The molecule has 0 radical (unpaired) electrons. The Morgan fingerprint density at radius 2 is 2.16 bits per heavy atom. The number of rotatable bonds is 3. The molecular weight excluding hydrogens is 236 g/mol. The largest absolute Gasteiger partial charge is 0.336 e. The minimum absolute atomic E-state index is 0.265. The van der Waals surface area contributed by atoms with Gasteiger partial charge in [0.2, 0.25) is 5.91 Å². The van der Waals surface area contributed by atoms with E-state index >= 15 is 0 Å². The molecule has 0 N–H and O–H groups in total. The molecule has 0 aromatic carbocycles. The van der Waals surface area contributed by atoms with Crippen LogP contribution in [0, 0.1) is 5.92 Å². The number of carbonyl (C=O) groups excluding carboxylic acids is 1. The van der Waals surface area contributed by atoms with Crippen molar-refractivity contribution in [2.45, 2.75) is 38.1 Å². The first kappa shape index (κ1) is 12.4. The van der Waals surface area contributed by atoms with Gasteiger partial charge in [0.25, 0.3) is 0 Å². The highest BCUT2D eigenvalue weighted by molar-refractivity contribution is 5.77. The summed E-state index contributed by atoms with van der Waals surface area (Å²) < 4.78 is 0. The number of nitrogens with zero attached hydrogens (tertiary/aromatic N) is 2. The summed E-state index contributed by atoms with van der Waals surface area (Å²) in [5, 5.41) is 0. The van der Waals surface area contributed by atoms with Crippen LogP contribution in [0.1, 0.15) is 43.7 Å². The van der Waals surface area contributed by atoms with Crippen molar-refractivity contribution in [2.24, 2.45) is 5.92 Å². The van der Waals surface area contributed by atoms with Crippen LogP contribution < -0.4 is 0 Å². The summed E-state index contributed by atoms with van der Waals surface area (Å²) in [6.45, 7) is 0.905. The van der Waals surface area contributed by atoms with Crippen LogP contribution in [0.25, 0.3) is 0 Å². The summed E-state index contributed by atoms with van der Waals surface area (Å²) in [5.41, 5.74) is 1.22. The minimum Gasteiger partial charge on any atom is -0.336 e. The molecule has 3 nitrogen and oxygen atoms in total. The van der Waals surface area contributed by atoms with Gasteiger partial charge in [0.05, 0.1) is 6.04 Å². The first-order chi connectivity index (χ1) is 9.34. The van der Waals surface area contributed by atoms with E-state index in [1.807, 2.05) is 24.5 Å². The molecule has 3 heteroatoms. The van der Waals surface area contributed by atoms with Crippen molar-refractivity contribution in [3.8, 4) is 0 Å². The Balaban J connectivity index is 1.69. The summed E-state index contributed by atoms with van der Waals surface area (Å²) in [7, 11) is 0. The second-order valence-corrected chi connectivity index (χ2v) is 5.50. The summed E-state index contributed by atoms with van der Waals surface area (Å²) >= 11 is 0. The molecule has 1 fully saturated rings. The molecule has 0 bridgehead atoms. The molecule has 2 heterocycles. The number of pyridine rings is 1. The lowest BCUT2D eigenvalue weighted by Gasteiger charge is -2.26. The third-order valence-corrected chi connectivity index (χ3v) is 4.21. The average molecular weight is 256 g/mol. The smallest absolute Gasteiger partial charge is 0.223 e. The van der Waals surface area contributed by atoms with E-state index in [-0.39, 0.29) is 6.04 Å². The second kappa shape index (κ2) is 5.55. The minimum atomic E-state index is 0.265. The Morgan fingerprint density at radius 1 is 1.32 bits per heavy atom. The van der Waals surface area contributed by atoms with E-state index in [9.17, 15) is 4.79 Å². The lowest BCUT2D eigenvalue weighted by molar-refractivity contribution is -0.132. The van der Waals surface area contributed by atoms with Crippen molar-refractivity contribution in [3.63, 3.8) is 0 Å². The molecule has 1 aliphatic carbocycles. The number of hydrogen-bond donors (Lipinski definition) is 0. The van der Waals surface area contributed by atoms with E-state index in [2.05, 4.69) is 22.0 Å². The van der Waals surface area contributed by atoms with Crippen LogP contribution in [0.3, 0.4) is 0 Å². The summed E-state index contributed by atoms with van der Waals surface area (Å²) in [6, 6.07) is 4.33. The van der Waals surface area contributed by atoms with Crippen molar-refractivity contribution in [3.05, 3.63) is 42.2 Å². The van der Waals surface area contributed by atoms with Crippen molar-refractivity contribution >= 4 is 5.91 Å². The third-order valence-electron chi connectivity index (χ3n) is 4.21. The van der Waals surface area contributed by atoms with Crippen molar-refractivity contribution < 1.29 is 4.79 Å². The molecule has 1 aromatic rings. The Hall–Kier alpha value is -1.64. The van der Waals surface area contributed by atoms with Gasteiger partial charge in [-0.05, 0) is 49.3 Å². The van der Waals surface area contributed by atoms with Gasteiger partial charge in [-0.3, -0.25) is 9.78 Å². The predicted molar refractivity (Wildman–Crippen MR) is 74.4 cm³/mol. The van der Waals surface area contributed by atoms with Crippen molar-refractivity contribution in [1.82, 2.24) is 9.88 Å². The standard InChI is InChI=1S/C16H20N2O/c19-16(12-13-4-1-2-5-13)18-11-3-6-15(18)14-7-9-17-10-8-14/h1,4,7-10,13,15H,2-3,5-6,11-12H2. The number of hydrogen-bond acceptors (Lipinski definition) is 2. The lowest BCUT2D eigenvalue weighted by Crippen LogP contribution is -2.31. The van der Waals surface area contributed by atoms with Gasteiger partial charge in [0.15, 0.2) is 0 Å². The van der Waals surface area contributed by atoms with Crippen LogP contribution in [0.4, 0.5) is 0 Å². The SMILES string of the molecule is O=C(CC1C=CCC1)N1CCCC1c1ccncc1. The monoisotopic (exact) mass is 256 g/mol. The van der Waals surface area contributed by atoms with Gasteiger partial charge in [-0.25, -0.2) is 0 Å². The molecule has 100 valence electrons. The normalized spacial score (nSPS) is 26.0. The highest BCUT2D eigenvalue weighted by Gasteiger charge is 2.30. The van der Waals surface area contributed by atoms with E-state index in [1.165, 1.54) is 5.56 Å². The number of carbonyl (C=O) groups is 1. The molecule has 1 aliphatic heterocycles. The molecule has 2 aliphatic rings. The molecular formula is C16H20N2O. The zero-order chi connectivity index (χ0) is 13.1. The third kappa shape index (κ3) is 2.70. The van der Waals surface area contributed by atoms with E-state index < -0.39 is 0 Å². The van der Waals surface area contributed by atoms with E-state index in [1.54, 1.807) is 0 Å². The quantitative estimate of drug-likeness (QED) is 0.779. The zero-order valence-corrected chi connectivity index (χ0v) is 11.2. The molecule has 2 atom stereocenters. The molecule has 0 saturated carbocycles. The summed E-state index contributed by atoms with van der Waals surface area (Å²) in [5.74, 6) is 0.780. The molecule has 19 heavy (non-hydrogen) atoms. The fraction of sp³-hybridized carbons (Fsp3) is 0.500. The molecule has 0 spiro atoms. The summed E-state index contributed by atoms with van der Waals surface area (Å²) in [4.78, 5) is 18.6. The number of amides is 1. The van der Waals surface area contributed by atoms with E-state index in [0.717, 1.165) is 32.2 Å². The van der Waals surface area contributed by atoms with E-state index in [0.29, 0.717) is 18.2 Å². The van der Waals surface area contributed by atoms with Crippen LogP contribution in [0.15, 0.2) is 36.7 Å². The van der Waals surface area contributed by atoms with Gasteiger partial charge in [0, 0.05) is 25.4 Å². The first-order valence-corrected chi connectivity index (χ1v) is 7.20. The molecule has 1 aromatic heterocycles. The molecule has 3 rings (SSSR count). The predicted octanol–water partition coefficient (Wildman–Crippen LogP) is 3.10. The maximum Gasteiger partial charge on any atom is 0.223 e. The number of likely N-dealkylation sites (tertiary alicyclic amines) is 1. The van der Waals surface area contributed by atoms with Crippen LogP contribution in [-0.4, -0.2) is 22.3 Å². The Labute approximate surface area is 114 Å². The molecule has 1 amide bonds. The maximum atomic E-state index is 12.5. The van der Waals surface area contributed by atoms with Crippen molar-refractivity contribution in [1.29, 1.82) is 0 Å². The van der Waals surface area contributed by atoms with Gasteiger partial charge >= 0.3 is 0 Å². The van der Waals surface area contributed by atoms with Gasteiger partial charge in [0.1, 0.15) is 0 Å². The van der Waals surface area contributed by atoms with Crippen LogP contribution in [0.2, 0.25) is 0 Å². The van der Waals surface area contributed by atoms with Crippen LogP contribution in [0.5, 0.6) is 0 Å². The maximum absolute atomic E-state index is 12.5. The topological polar surface area (TPSA) is 33.2 Å². The average Bonchev–Trinajstić information content (AvgIpc) is 3.10. The Kier molecular flexibility index (Phi) is 3.62. The van der Waals surface area contributed by atoms with Crippen molar-refractivity contribution in [2.75, 3.05) is 6.54 Å². The fourth-order valence-electron chi connectivity index (χ4n) is 3.20. The lowest BCUT2D eigenvalue weighted by atomic mass is 10.0. The van der Waals surface area contributed by atoms with Crippen LogP contribution >= 0.6 is 0 Å². The van der Waals surface area contributed by atoms with Gasteiger partial charge in [-0.15, -0.1) is 0 Å².